The fourth-order valence-electron chi connectivity index (χ4n) is 9.28. The van der Waals surface area contributed by atoms with Crippen LogP contribution in [0.25, 0.3) is 0 Å². The minimum Gasteiger partial charge on any atom is -0.0845 e. The average molecular weight is 413 g/mol. The number of allylic oxidation sites excluding steroid dienone is 2. The second-order valence-corrected chi connectivity index (χ2v) is 13.5. The maximum absolute atomic E-state index is 2.78. The Hall–Kier alpha value is -0.260. The zero-order chi connectivity index (χ0) is 21.7. The molecule has 0 bridgehead atoms. The standard InChI is InChI=1S/C30H52/c1-20(2)9-8-10-22(5)26-13-14-27-25-12-11-24-19-23(21(3)4)15-17-29(24,6)28(25)16-18-30(26,27)7/h11,20-23,25-28H,8-10,12-19H2,1-7H3. The van der Waals surface area contributed by atoms with Crippen molar-refractivity contribution in [3.05, 3.63) is 11.6 Å². The maximum Gasteiger partial charge on any atom is -0.00851 e. The van der Waals surface area contributed by atoms with Crippen LogP contribution in [-0.4, -0.2) is 0 Å². The topological polar surface area (TPSA) is 0 Å². The van der Waals surface area contributed by atoms with Gasteiger partial charge in [-0.15, -0.1) is 0 Å². The molecule has 0 heterocycles. The van der Waals surface area contributed by atoms with Crippen molar-refractivity contribution in [1.29, 1.82) is 0 Å². The van der Waals surface area contributed by atoms with Gasteiger partial charge in [0.25, 0.3) is 0 Å². The third-order valence-corrected chi connectivity index (χ3v) is 11.3. The third-order valence-electron chi connectivity index (χ3n) is 11.3. The van der Waals surface area contributed by atoms with Crippen LogP contribution in [0.5, 0.6) is 0 Å². The van der Waals surface area contributed by atoms with Crippen molar-refractivity contribution in [2.24, 2.45) is 58.2 Å². The lowest BCUT2D eigenvalue weighted by Crippen LogP contribution is -2.50. The summed E-state index contributed by atoms with van der Waals surface area (Å²) in [6.07, 6.45) is 19.0. The molecule has 0 aromatic carbocycles. The van der Waals surface area contributed by atoms with Crippen molar-refractivity contribution in [2.75, 3.05) is 0 Å². The molecule has 8 unspecified atom stereocenters. The normalized spacial score (nSPS) is 44.4. The van der Waals surface area contributed by atoms with Crippen LogP contribution in [0.15, 0.2) is 11.6 Å². The molecule has 8 atom stereocenters. The molecule has 4 rings (SSSR count). The second kappa shape index (κ2) is 8.59. The van der Waals surface area contributed by atoms with Crippen LogP contribution < -0.4 is 0 Å². The second-order valence-electron chi connectivity index (χ2n) is 13.5. The summed E-state index contributed by atoms with van der Waals surface area (Å²) in [5.41, 5.74) is 3.06. The Morgan fingerprint density at radius 2 is 1.67 bits per heavy atom. The average Bonchev–Trinajstić information content (AvgIpc) is 3.04. The smallest absolute Gasteiger partial charge is 0.00851 e. The van der Waals surface area contributed by atoms with Gasteiger partial charge in [-0.2, -0.15) is 0 Å². The summed E-state index contributed by atoms with van der Waals surface area (Å²) in [7, 11) is 0. The first-order valence-corrected chi connectivity index (χ1v) is 13.9. The highest BCUT2D eigenvalue weighted by Gasteiger charge is 2.59. The Labute approximate surface area is 189 Å². The molecule has 0 amide bonds. The zero-order valence-corrected chi connectivity index (χ0v) is 21.5. The molecule has 0 aromatic rings. The zero-order valence-electron chi connectivity index (χ0n) is 21.5. The van der Waals surface area contributed by atoms with Gasteiger partial charge in [0.2, 0.25) is 0 Å². The van der Waals surface area contributed by atoms with E-state index in [-0.39, 0.29) is 0 Å². The van der Waals surface area contributed by atoms with Gasteiger partial charge in [-0.05, 0) is 110 Å². The molecule has 0 heteroatoms. The quantitative estimate of drug-likeness (QED) is 0.381. The molecule has 3 fully saturated rings. The van der Waals surface area contributed by atoms with Crippen molar-refractivity contribution in [1.82, 2.24) is 0 Å². The molecule has 0 radical (unpaired) electrons. The summed E-state index contributed by atoms with van der Waals surface area (Å²) < 4.78 is 0. The summed E-state index contributed by atoms with van der Waals surface area (Å²) in [6.45, 7) is 17.7. The van der Waals surface area contributed by atoms with Crippen molar-refractivity contribution >= 4 is 0 Å². The van der Waals surface area contributed by atoms with Crippen molar-refractivity contribution in [3.63, 3.8) is 0 Å². The van der Waals surface area contributed by atoms with E-state index in [0.29, 0.717) is 10.8 Å². The van der Waals surface area contributed by atoms with Crippen LogP contribution in [0.2, 0.25) is 0 Å². The minimum absolute atomic E-state index is 0.538. The lowest BCUT2D eigenvalue weighted by Gasteiger charge is -2.59. The van der Waals surface area contributed by atoms with Crippen LogP contribution in [0.4, 0.5) is 0 Å². The first kappa shape index (κ1) is 22.9. The number of fused-ring (bicyclic) bond motifs is 5. The SMILES string of the molecule is CC(C)CCCC(C)C1CCC2C3CC=C4CC(C(C)C)CCC4(C)C3CCC12C. The van der Waals surface area contributed by atoms with E-state index >= 15 is 0 Å². The van der Waals surface area contributed by atoms with E-state index in [1.54, 1.807) is 0 Å². The van der Waals surface area contributed by atoms with E-state index < -0.39 is 0 Å². The van der Waals surface area contributed by atoms with Gasteiger partial charge in [-0.1, -0.05) is 79.4 Å². The summed E-state index contributed by atoms with van der Waals surface area (Å²) in [5, 5.41) is 0. The van der Waals surface area contributed by atoms with E-state index in [2.05, 4.69) is 54.5 Å². The Kier molecular flexibility index (Phi) is 6.56. The van der Waals surface area contributed by atoms with Crippen LogP contribution in [-0.2, 0) is 0 Å². The molecule has 4 aliphatic carbocycles. The molecule has 0 nitrogen and oxygen atoms in total. The predicted octanol–water partition coefficient (Wildman–Crippen LogP) is 9.30. The Morgan fingerprint density at radius 3 is 2.37 bits per heavy atom. The fourth-order valence-corrected chi connectivity index (χ4v) is 9.28. The van der Waals surface area contributed by atoms with Gasteiger partial charge in [0.05, 0.1) is 0 Å². The van der Waals surface area contributed by atoms with Gasteiger partial charge in [-0.3, -0.25) is 0 Å². The largest absolute Gasteiger partial charge is 0.0845 e. The Morgan fingerprint density at radius 1 is 0.900 bits per heavy atom. The van der Waals surface area contributed by atoms with Crippen LogP contribution in [0.1, 0.15) is 119 Å². The van der Waals surface area contributed by atoms with Gasteiger partial charge in [0.15, 0.2) is 0 Å². The number of hydrogen-bond donors (Lipinski definition) is 0. The maximum atomic E-state index is 2.78. The van der Waals surface area contributed by atoms with E-state index in [1.165, 1.54) is 70.6 Å². The van der Waals surface area contributed by atoms with Crippen molar-refractivity contribution in [3.8, 4) is 0 Å². The molecule has 172 valence electrons. The predicted molar refractivity (Wildman–Crippen MR) is 131 cm³/mol. The summed E-state index contributed by atoms with van der Waals surface area (Å²) >= 11 is 0. The van der Waals surface area contributed by atoms with Crippen molar-refractivity contribution < 1.29 is 0 Å². The summed E-state index contributed by atoms with van der Waals surface area (Å²) in [5.74, 6) is 7.57. The van der Waals surface area contributed by atoms with Crippen molar-refractivity contribution in [2.45, 2.75) is 119 Å². The highest BCUT2D eigenvalue weighted by Crippen LogP contribution is 2.67. The molecule has 30 heavy (non-hydrogen) atoms. The minimum atomic E-state index is 0.538. The van der Waals surface area contributed by atoms with Crippen LogP contribution in [0, 0.1) is 58.2 Å². The molecular formula is C30H52. The first-order valence-electron chi connectivity index (χ1n) is 13.9. The Balaban J connectivity index is 1.48. The Bertz CT molecular complexity index is 626. The van der Waals surface area contributed by atoms with Crippen LogP contribution >= 0.6 is 0 Å². The van der Waals surface area contributed by atoms with E-state index in [0.717, 1.165) is 47.3 Å². The van der Waals surface area contributed by atoms with Crippen LogP contribution in [0.3, 0.4) is 0 Å². The molecule has 0 aliphatic heterocycles. The number of hydrogen-bond acceptors (Lipinski definition) is 0. The van der Waals surface area contributed by atoms with Gasteiger partial charge >= 0.3 is 0 Å². The monoisotopic (exact) mass is 412 g/mol. The molecule has 0 aromatic heterocycles. The molecular weight excluding hydrogens is 360 g/mol. The van der Waals surface area contributed by atoms with Gasteiger partial charge in [-0.25, -0.2) is 0 Å². The lowest BCUT2D eigenvalue weighted by molar-refractivity contribution is -0.0538. The number of rotatable bonds is 6. The summed E-state index contributed by atoms with van der Waals surface area (Å²) in [6, 6.07) is 0. The fraction of sp³-hybridized carbons (Fsp3) is 0.933. The summed E-state index contributed by atoms with van der Waals surface area (Å²) in [4.78, 5) is 0. The molecule has 4 aliphatic rings. The van der Waals surface area contributed by atoms with Gasteiger partial charge in [0.1, 0.15) is 0 Å². The molecule has 0 saturated heterocycles. The third kappa shape index (κ3) is 3.85. The van der Waals surface area contributed by atoms with E-state index in [1.807, 2.05) is 5.57 Å². The lowest BCUT2D eigenvalue weighted by atomic mass is 9.46. The van der Waals surface area contributed by atoms with E-state index in [9.17, 15) is 0 Å². The van der Waals surface area contributed by atoms with E-state index in [4.69, 9.17) is 0 Å². The molecule has 0 N–H and O–H groups in total. The molecule has 3 saturated carbocycles. The highest BCUT2D eigenvalue weighted by atomic mass is 14.6. The van der Waals surface area contributed by atoms with Gasteiger partial charge < -0.3 is 0 Å². The highest BCUT2D eigenvalue weighted by molar-refractivity contribution is 5.25. The first-order chi connectivity index (χ1) is 14.2. The molecule has 0 spiro atoms. The van der Waals surface area contributed by atoms with Gasteiger partial charge in [0, 0.05) is 0 Å².